The zero-order chi connectivity index (χ0) is 12.7. The van der Waals surface area contributed by atoms with Crippen LogP contribution in [0.5, 0.6) is 5.75 Å². The molecule has 0 aliphatic carbocycles. The van der Waals surface area contributed by atoms with E-state index in [-0.39, 0.29) is 0 Å². The molecule has 0 spiro atoms. The molecule has 4 nitrogen and oxygen atoms in total. The first kappa shape index (κ1) is 13.9. The van der Waals surface area contributed by atoms with Gasteiger partial charge in [-0.1, -0.05) is 20.8 Å². The molecule has 0 aliphatic rings. The summed E-state index contributed by atoms with van der Waals surface area (Å²) in [5, 5.41) is 12.7. The van der Waals surface area contributed by atoms with Crippen LogP contribution < -0.4 is 10.1 Å². The lowest BCUT2D eigenvalue weighted by Crippen LogP contribution is -2.22. The minimum absolute atomic E-state index is 0.321. The number of ether oxygens (including phenoxy) is 1. The van der Waals surface area contributed by atoms with Gasteiger partial charge in [-0.25, -0.2) is 0 Å². The maximum absolute atomic E-state index is 9.36. The van der Waals surface area contributed by atoms with Crippen LogP contribution >= 0.6 is 0 Å². The molecule has 1 atom stereocenters. The summed E-state index contributed by atoms with van der Waals surface area (Å²) >= 11 is 0. The normalized spacial score (nSPS) is 12.8. The second-order valence-electron chi connectivity index (χ2n) is 4.39. The predicted molar refractivity (Wildman–Crippen MR) is 68.0 cm³/mol. The highest BCUT2D eigenvalue weighted by atomic mass is 16.5. The van der Waals surface area contributed by atoms with Gasteiger partial charge in [0.05, 0.1) is 18.0 Å². The number of aliphatic hydroxyl groups is 1. The lowest BCUT2D eigenvalue weighted by molar-refractivity contribution is 0.104. The molecule has 0 fully saturated rings. The second-order valence-corrected chi connectivity index (χ2v) is 4.39. The van der Waals surface area contributed by atoms with Gasteiger partial charge in [0, 0.05) is 12.6 Å². The highest BCUT2D eigenvalue weighted by Crippen LogP contribution is 2.10. The Morgan fingerprint density at radius 1 is 1.41 bits per heavy atom. The van der Waals surface area contributed by atoms with Crippen molar-refractivity contribution >= 4 is 0 Å². The third-order valence-electron chi connectivity index (χ3n) is 2.40. The van der Waals surface area contributed by atoms with Crippen LogP contribution in [-0.2, 0) is 6.54 Å². The van der Waals surface area contributed by atoms with Crippen LogP contribution in [0, 0.1) is 0 Å². The van der Waals surface area contributed by atoms with E-state index in [0.717, 1.165) is 12.2 Å². The highest BCUT2D eigenvalue weighted by Gasteiger charge is 2.02. The summed E-state index contributed by atoms with van der Waals surface area (Å²) in [5.41, 5.74) is 0.988. The van der Waals surface area contributed by atoms with Crippen LogP contribution in [0.4, 0.5) is 0 Å². The van der Waals surface area contributed by atoms with Gasteiger partial charge in [-0.05, 0) is 18.6 Å². The second kappa shape index (κ2) is 7.25. The smallest absolute Gasteiger partial charge is 0.137 e. The van der Waals surface area contributed by atoms with Crippen molar-refractivity contribution in [3.63, 3.8) is 0 Å². The Morgan fingerprint density at radius 3 is 2.71 bits per heavy atom. The third-order valence-corrected chi connectivity index (χ3v) is 2.40. The molecule has 0 aromatic carbocycles. The van der Waals surface area contributed by atoms with E-state index in [1.165, 1.54) is 0 Å². The van der Waals surface area contributed by atoms with Gasteiger partial charge in [-0.3, -0.25) is 4.98 Å². The first-order valence-electron chi connectivity index (χ1n) is 6.11. The van der Waals surface area contributed by atoms with Gasteiger partial charge in [0.2, 0.25) is 0 Å². The fourth-order valence-electron chi connectivity index (χ4n) is 1.22. The summed E-state index contributed by atoms with van der Waals surface area (Å²) in [5.74, 6) is 0.700. The Labute approximate surface area is 103 Å². The van der Waals surface area contributed by atoms with E-state index >= 15 is 0 Å². The molecule has 4 heteroatoms. The monoisotopic (exact) mass is 238 g/mol. The van der Waals surface area contributed by atoms with E-state index < -0.39 is 6.10 Å². The van der Waals surface area contributed by atoms with Crippen molar-refractivity contribution in [1.82, 2.24) is 10.3 Å². The molecule has 96 valence electrons. The van der Waals surface area contributed by atoms with Crippen molar-refractivity contribution in [3.05, 3.63) is 24.0 Å². The SMILES string of the molecule is CCC(O)COc1ccc(CNC(C)C)nc1. The van der Waals surface area contributed by atoms with Crippen molar-refractivity contribution in [2.24, 2.45) is 0 Å². The van der Waals surface area contributed by atoms with E-state index in [2.05, 4.69) is 24.1 Å². The summed E-state index contributed by atoms with van der Waals surface area (Å²) in [4.78, 5) is 4.29. The zero-order valence-corrected chi connectivity index (χ0v) is 10.8. The quantitative estimate of drug-likeness (QED) is 0.759. The number of nitrogens with one attached hydrogen (secondary N) is 1. The number of hydrogen-bond donors (Lipinski definition) is 2. The summed E-state index contributed by atoms with van der Waals surface area (Å²) in [7, 11) is 0. The number of aromatic nitrogens is 1. The Hall–Kier alpha value is -1.13. The Balaban J connectivity index is 2.39. The molecule has 17 heavy (non-hydrogen) atoms. The molecule has 1 heterocycles. The molecule has 1 aromatic rings. The molecule has 1 rings (SSSR count). The molecule has 0 bridgehead atoms. The van der Waals surface area contributed by atoms with E-state index in [1.54, 1.807) is 6.20 Å². The van der Waals surface area contributed by atoms with E-state index in [4.69, 9.17) is 4.74 Å². The van der Waals surface area contributed by atoms with Crippen molar-refractivity contribution in [2.75, 3.05) is 6.61 Å². The van der Waals surface area contributed by atoms with E-state index in [0.29, 0.717) is 24.8 Å². The Kier molecular flexibility index (Phi) is 5.94. The highest BCUT2D eigenvalue weighted by molar-refractivity contribution is 5.19. The van der Waals surface area contributed by atoms with Gasteiger partial charge in [0.1, 0.15) is 12.4 Å². The van der Waals surface area contributed by atoms with Gasteiger partial charge < -0.3 is 15.2 Å². The van der Waals surface area contributed by atoms with Crippen molar-refractivity contribution in [3.8, 4) is 5.75 Å². The lowest BCUT2D eigenvalue weighted by atomic mass is 10.3. The average Bonchev–Trinajstić information content (AvgIpc) is 2.34. The van der Waals surface area contributed by atoms with Gasteiger partial charge in [-0.2, -0.15) is 0 Å². The van der Waals surface area contributed by atoms with E-state index in [1.807, 2.05) is 19.1 Å². The minimum Gasteiger partial charge on any atom is -0.489 e. The minimum atomic E-state index is -0.405. The topological polar surface area (TPSA) is 54.4 Å². The molecule has 2 N–H and O–H groups in total. The number of hydrogen-bond acceptors (Lipinski definition) is 4. The largest absolute Gasteiger partial charge is 0.489 e. The zero-order valence-electron chi connectivity index (χ0n) is 10.8. The fraction of sp³-hybridized carbons (Fsp3) is 0.615. The molecule has 1 aromatic heterocycles. The van der Waals surface area contributed by atoms with E-state index in [9.17, 15) is 5.11 Å². The van der Waals surface area contributed by atoms with Gasteiger partial charge in [0.15, 0.2) is 0 Å². The fourth-order valence-corrected chi connectivity index (χ4v) is 1.22. The number of aliphatic hydroxyl groups excluding tert-OH is 1. The molecule has 1 unspecified atom stereocenters. The Bertz CT molecular complexity index is 312. The number of pyridine rings is 1. The molecule has 0 saturated carbocycles. The predicted octanol–water partition coefficient (Wildman–Crippen LogP) is 1.73. The van der Waals surface area contributed by atoms with Crippen molar-refractivity contribution < 1.29 is 9.84 Å². The van der Waals surface area contributed by atoms with Crippen LogP contribution in [0.2, 0.25) is 0 Å². The molecule has 0 amide bonds. The van der Waals surface area contributed by atoms with Crippen LogP contribution in [0.15, 0.2) is 18.3 Å². The number of rotatable bonds is 7. The van der Waals surface area contributed by atoms with Crippen LogP contribution in [0.1, 0.15) is 32.9 Å². The first-order valence-corrected chi connectivity index (χ1v) is 6.11. The lowest BCUT2D eigenvalue weighted by Gasteiger charge is -2.11. The number of nitrogens with zero attached hydrogens (tertiary/aromatic N) is 1. The molecule has 0 radical (unpaired) electrons. The maximum atomic E-state index is 9.36. The molecular weight excluding hydrogens is 216 g/mol. The summed E-state index contributed by atoms with van der Waals surface area (Å²) < 4.78 is 5.41. The first-order chi connectivity index (χ1) is 8.11. The van der Waals surface area contributed by atoms with Crippen molar-refractivity contribution in [1.29, 1.82) is 0 Å². The molecular formula is C13H22N2O2. The summed E-state index contributed by atoms with van der Waals surface area (Å²) in [6.07, 6.45) is 1.99. The Morgan fingerprint density at radius 2 is 2.18 bits per heavy atom. The average molecular weight is 238 g/mol. The summed E-state index contributed by atoms with van der Waals surface area (Å²) in [6, 6.07) is 4.27. The maximum Gasteiger partial charge on any atom is 0.137 e. The van der Waals surface area contributed by atoms with Crippen LogP contribution in [-0.4, -0.2) is 28.8 Å². The summed E-state index contributed by atoms with van der Waals surface area (Å²) in [6.45, 7) is 7.21. The standard InChI is InChI=1S/C13H22N2O2/c1-4-12(16)9-17-13-6-5-11(15-8-13)7-14-10(2)3/h5-6,8,10,12,14,16H,4,7,9H2,1-3H3. The van der Waals surface area contributed by atoms with Gasteiger partial charge in [0.25, 0.3) is 0 Å². The molecule has 0 aliphatic heterocycles. The van der Waals surface area contributed by atoms with Crippen LogP contribution in [0.3, 0.4) is 0 Å². The van der Waals surface area contributed by atoms with Crippen LogP contribution in [0.25, 0.3) is 0 Å². The van der Waals surface area contributed by atoms with Gasteiger partial charge in [-0.15, -0.1) is 0 Å². The third kappa shape index (κ3) is 5.65. The van der Waals surface area contributed by atoms with Gasteiger partial charge >= 0.3 is 0 Å². The molecule has 0 saturated heterocycles. The van der Waals surface area contributed by atoms with Crippen molar-refractivity contribution in [2.45, 2.75) is 45.9 Å².